The molecule has 0 atom stereocenters. The Kier molecular flexibility index (Phi) is 8.37. The molecule has 5 nitrogen and oxygen atoms in total. The van der Waals surface area contributed by atoms with Crippen LogP contribution in [0.15, 0.2) is 0 Å². The molecule has 0 bridgehead atoms. The fourth-order valence-electron chi connectivity index (χ4n) is 1.66. The van der Waals surface area contributed by atoms with Gasteiger partial charge in [0.05, 0.1) is 13.1 Å². The lowest BCUT2D eigenvalue weighted by Crippen LogP contribution is -2.43. The molecule has 2 amide bonds. The number of amides is 2. The molecule has 0 aromatic rings. The molecule has 0 aliphatic carbocycles. The zero-order valence-electron chi connectivity index (χ0n) is 12.4. The summed E-state index contributed by atoms with van der Waals surface area (Å²) >= 11 is 0. The lowest BCUT2D eigenvalue weighted by atomic mass is 10.3. The summed E-state index contributed by atoms with van der Waals surface area (Å²) in [6.45, 7) is 6.30. The number of likely N-dealkylation sites (N-methyl/N-ethyl adjacent to an activating group) is 2. The normalized spacial score (nSPS) is 10.6. The Labute approximate surface area is 111 Å². The van der Waals surface area contributed by atoms with Crippen molar-refractivity contribution in [2.45, 2.75) is 26.7 Å². The van der Waals surface area contributed by atoms with E-state index in [-0.39, 0.29) is 18.4 Å². The molecule has 0 spiro atoms. The highest BCUT2D eigenvalue weighted by Gasteiger charge is 2.16. The number of hydrogen-bond acceptors (Lipinski definition) is 3. The van der Waals surface area contributed by atoms with Crippen molar-refractivity contribution < 1.29 is 9.59 Å². The predicted molar refractivity (Wildman–Crippen MR) is 73.4 cm³/mol. The van der Waals surface area contributed by atoms with Crippen LogP contribution in [-0.4, -0.2) is 73.8 Å². The van der Waals surface area contributed by atoms with Crippen molar-refractivity contribution in [1.29, 1.82) is 0 Å². The van der Waals surface area contributed by atoms with Crippen LogP contribution in [0.25, 0.3) is 0 Å². The lowest BCUT2D eigenvalue weighted by molar-refractivity contribution is -0.134. The van der Waals surface area contributed by atoms with Gasteiger partial charge in [0.1, 0.15) is 0 Å². The maximum atomic E-state index is 12.0. The van der Waals surface area contributed by atoms with Gasteiger partial charge in [-0.3, -0.25) is 14.5 Å². The predicted octanol–water partition coefficient (Wildman–Crippen LogP) is 0.655. The highest BCUT2D eigenvalue weighted by Crippen LogP contribution is 1.97. The molecule has 0 N–H and O–H groups in total. The molecule has 0 radical (unpaired) electrons. The molecule has 0 aliphatic rings. The van der Waals surface area contributed by atoms with Gasteiger partial charge in [0, 0.05) is 27.2 Å². The van der Waals surface area contributed by atoms with Crippen LogP contribution in [0.2, 0.25) is 0 Å². The maximum Gasteiger partial charge on any atom is 0.236 e. The topological polar surface area (TPSA) is 43.9 Å². The van der Waals surface area contributed by atoms with Gasteiger partial charge in [-0.1, -0.05) is 13.8 Å². The molecule has 5 heteroatoms. The number of rotatable bonds is 8. The molecular formula is C13H27N3O2. The van der Waals surface area contributed by atoms with Gasteiger partial charge in [0.25, 0.3) is 0 Å². The molecule has 0 rings (SSSR count). The molecule has 18 heavy (non-hydrogen) atoms. The van der Waals surface area contributed by atoms with Gasteiger partial charge >= 0.3 is 0 Å². The highest BCUT2D eigenvalue weighted by atomic mass is 16.2. The first-order valence-electron chi connectivity index (χ1n) is 6.58. The molecule has 0 aromatic carbocycles. The molecule has 0 aliphatic heterocycles. The lowest BCUT2D eigenvalue weighted by Gasteiger charge is -2.25. The van der Waals surface area contributed by atoms with Gasteiger partial charge in [-0.25, -0.2) is 0 Å². The van der Waals surface area contributed by atoms with Crippen molar-refractivity contribution >= 4 is 11.8 Å². The third kappa shape index (κ3) is 6.59. The fraction of sp³-hybridized carbons (Fsp3) is 0.846. The average molecular weight is 257 g/mol. The Hall–Kier alpha value is -1.10. The van der Waals surface area contributed by atoms with Crippen LogP contribution in [0.3, 0.4) is 0 Å². The quantitative estimate of drug-likeness (QED) is 0.641. The summed E-state index contributed by atoms with van der Waals surface area (Å²) in [4.78, 5) is 28.7. The minimum Gasteiger partial charge on any atom is -0.348 e. The Balaban J connectivity index is 4.22. The molecule has 0 saturated carbocycles. The summed E-state index contributed by atoms with van der Waals surface area (Å²) in [6.07, 6.45) is 1.93. The Morgan fingerprint density at radius 3 is 1.67 bits per heavy atom. The molecule has 0 aromatic heterocycles. The third-order valence-electron chi connectivity index (χ3n) is 2.65. The van der Waals surface area contributed by atoms with Crippen molar-refractivity contribution in [3.8, 4) is 0 Å². The number of hydrogen-bond donors (Lipinski definition) is 0. The molecule has 0 fully saturated rings. The summed E-state index contributed by atoms with van der Waals surface area (Å²) in [5.74, 6) is 0.121. The van der Waals surface area contributed by atoms with Crippen molar-refractivity contribution in [1.82, 2.24) is 14.7 Å². The van der Waals surface area contributed by atoms with Crippen LogP contribution in [0.1, 0.15) is 26.7 Å². The second-order valence-electron chi connectivity index (χ2n) is 4.84. The summed E-state index contributed by atoms with van der Waals surface area (Å²) < 4.78 is 0. The van der Waals surface area contributed by atoms with E-state index in [9.17, 15) is 9.59 Å². The monoisotopic (exact) mass is 257 g/mol. The van der Waals surface area contributed by atoms with Gasteiger partial charge in [-0.2, -0.15) is 0 Å². The fourth-order valence-corrected chi connectivity index (χ4v) is 1.66. The van der Waals surface area contributed by atoms with Crippen LogP contribution in [0.5, 0.6) is 0 Å². The van der Waals surface area contributed by atoms with E-state index in [0.717, 1.165) is 25.9 Å². The molecule has 0 unspecified atom stereocenters. The van der Waals surface area contributed by atoms with Crippen LogP contribution in [0, 0.1) is 0 Å². The zero-order chi connectivity index (χ0) is 14.1. The summed E-state index contributed by atoms with van der Waals surface area (Å²) in [5.41, 5.74) is 0. The Bertz CT molecular complexity index is 261. The Morgan fingerprint density at radius 2 is 1.28 bits per heavy atom. The smallest absolute Gasteiger partial charge is 0.236 e. The van der Waals surface area contributed by atoms with Crippen molar-refractivity contribution in [3.05, 3.63) is 0 Å². The van der Waals surface area contributed by atoms with E-state index in [1.54, 1.807) is 26.0 Å². The van der Waals surface area contributed by atoms with E-state index in [1.807, 2.05) is 4.90 Å². The Morgan fingerprint density at radius 1 is 0.833 bits per heavy atom. The van der Waals surface area contributed by atoms with E-state index in [4.69, 9.17) is 0 Å². The summed E-state index contributed by atoms with van der Waals surface area (Å²) in [7, 11) is 5.24. The SMILES string of the molecule is CCCN(CCC)C(=O)CN(C)CC(=O)N(C)C. The van der Waals surface area contributed by atoms with E-state index < -0.39 is 0 Å². The van der Waals surface area contributed by atoms with Gasteiger partial charge in [-0.05, 0) is 19.9 Å². The van der Waals surface area contributed by atoms with Gasteiger partial charge in [0.15, 0.2) is 0 Å². The second kappa shape index (κ2) is 8.91. The second-order valence-corrected chi connectivity index (χ2v) is 4.84. The standard InChI is InChI=1S/C13H27N3O2/c1-6-8-16(9-7-2)13(18)11-15(5)10-12(17)14(3)4/h6-11H2,1-5H3. The van der Waals surface area contributed by atoms with E-state index in [1.165, 1.54) is 4.90 Å². The molecule has 106 valence electrons. The largest absolute Gasteiger partial charge is 0.348 e. The first kappa shape index (κ1) is 16.9. The van der Waals surface area contributed by atoms with Crippen LogP contribution < -0.4 is 0 Å². The molecule has 0 saturated heterocycles. The van der Waals surface area contributed by atoms with Crippen molar-refractivity contribution in [3.63, 3.8) is 0 Å². The van der Waals surface area contributed by atoms with Crippen LogP contribution in [0.4, 0.5) is 0 Å². The van der Waals surface area contributed by atoms with Crippen LogP contribution in [-0.2, 0) is 9.59 Å². The van der Waals surface area contributed by atoms with Gasteiger partial charge in [0.2, 0.25) is 11.8 Å². The minimum atomic E-state index is 0.0165. The number of carbonyl (C=O) groups excluding carboxylic acids is 2. The van der Waals surface area contributed by atoms with Gasteiger partial charge in [-0.15, -0.1) is 0 Å². The summed E-state index contributed by atoms with van der Waals surface area (Å²) in [5, 5.41) is 0. The third-order valence-corrected chi connectivity index (χ3v) is 2.65. The van der Waals surface area contributed by atoms with Gasteiger partial charge < -0.3 is 9.80 Å². The zero-order valence-corrected chi connectivity index (χ0v) is 12.4. The first-order chi connectivity index (χ1) is 8.42. The maximum absolute atomic E-state index is 12.0. The van der Waals surface area contributed by atoms with Crippen molar-refractivity contribution in [2.75, 3.05) is 47.3 Å². The first-order valence-corrected chi connectivity index (χ1v) is 6.58. The van der Waals surface area contributed by atoms with Crippen LogP contribution >= 0.6 is 0 Å². The van der Waals surface area contributed by atoms with E-state index in [0.29, 0.717) is 6.54 Å². The number of carbonyl (C=O) groups is 2. The highest BCUT2D eigenvalue weighted by molar-refractivity contribution is 5.81. The molecule has 0 heterocycles. The average Bonchev–Trinajstić information content (AvgIpc) is 2.28. The van der Waals surface area contributed by atoms with E-state index >= 15 is 0 Å². The minimum absolute atomic E-state index is 0.0165. The van der Waals surface area contributed by atoms with Crippen molar-refractivity contribution in [2.24, 2.45) is 0 Å². The summed E-state index contributed by atoms with van der Waals surface area (Å²) in [6, 6.07) is 0. The molecular weight excluding hydrogens is 230 g/mol. The van der Waals surface area contributed by atoms with E-state index in [2.05, 4.69) is 13.8 Å². The number of nitrogens with zero attached hydrogens (tertiary/aromatic N) is 3.